The normalized spacial score (nSPS) is 26.9. The molecule has 172 valence electrons. The number of allylic oxidation sites excluding steroid dienone is 5. The van der Waals surface area contributed by atoms with Crippen LogP contribution >= 0.6 is 0 Å². The van der Waals surface area contributed by atoms with Gasteiger partial charge in [0.15, 0.2) is 5.96 Å². The lowest BCUT2D eigenvalue weighted by Gasteiger charge is -2.36. The van der Waals surface area contributed by atoms with Crippen molar-refractivity contribution in [2.24, 2.45) is 22.6 Å². The molecule has 2 amide bonds. The first kappa shape index (κ1) is 22.6. The average molecular weight is 447 g/mol. The molecule has 7 nitrogen and oxygen atoms in total. The van der Waals surface area contributed by atoms with E-state index >= 15 is 0 Å². The summed E-state index contributed by atoms with van der Waals surface area (Å²) in [6.07, 6.45) is 14.1. The topological polar surface area (TPSA) is 97.0 Å². The molecular formula is C26H30N4O3. The molecule has 4 rings (SSSR count). The molecule has 0 aromatic heterocycles. The van der Waals surface area contributed by atoms with E-state index in [9.17, 15) is 9.59 Å². The number of carbonyl (C=O) groups is 2. The molecule has 1 heterocycles. The second-order valence-corrected chi connectivity index (χ2v) is 8.90. The standard InChI is InChI=1S/C26H30N4O3/c1-26(16-23(31)30(2)24(27)29-26)21-10-6-9-20(15-21)19-11-13-22(14-12-19)28-25(32)33-17-18-7-4-3-5-8-18/h3-8,10-11,13-15,19-20H,9,12,16-17H2,1-2H3,(H2,27,29)(H,28,32). The van der Waals surface area contributed by atoms with Crippen LogP contribution in [-0.2, 0) is 16.1 Å². The third-order valence-electron chi connectivity index (χ3n) is 6.44. The van der Waals surface area contributed by atoms with Gasteiger partial charge in [0.25, 0.3) is 0 Å². The van der Waals surface area contributed by atoms with Gasteiger partial charge in [-0.3, -0.25) is 15.0 Å². The summed E-state index contributed by atoms with van der Waals surface area (Å²) >= 11 is 0. The van der Waals surface area contributed by atoms with E-state index in [1.54, 1.807) is 7.05 Å². The second-order valence-electron chi connectivity index (χ2n) is 8.90. The van der Waals surface area contributed by atoms with E-state index in [-0.39, 0.29) is 24.4 Å². The van der Waals surface area contributed by atoms with Gasteiger partial charge in [0.2, 0.25) is 5.91 Å². The van der Waals surface area contributed by atoms with E-state index in [1.165, 1.54) is 4.90 Å². The van der Waals surface area contributed by atoms with E-state index in [0.717, 1.165) is 29.7 Å². The molecule has 0 bridgehead atoms. The minimum Gasteiger partial charge on any atom is -0.444 e. The van der Waals surface area contributed by atoms with Crippen LogP contribution in [0.2, 0.25) is 0 Å². The molecule has 2 aliphatic carbocycles. The van der Waals surface area contributed by atoms with Gasteiger partial charge in [0.05, 0.1) is 12.0 Å². The zero-order valence-corrected chi connectivity index (χ0v) is 19.0. The van der Waals surface area contributed by atoms with Crippen molar-refractivity contribution in [2.45, 2.75) is 38.3 Å². The number of carbonyl (C=O) groups excluding carboxylic acids is 2. The number of nitrogens with zero attached hydrogens (tertiary/aromatic N) is 2. The summed E-state index contributed by atoms with van der Waals surface area (Å²) < 4.78 is 5.29. The van der Waals surface area contributed by atoms with Crippen LogP contribution in [0, 0.1) is 11.8 Å². The van der Waals surface area contributed by atoms with Crippen molar-refractivity contribution in [3.05, 3.63) is 83.6 Å². The molecule has 0 spiro atoms. The monoisotopic (exact) mass is 446 g/mol. The number of hydrogen-bond acceptors (Lipinski definition) is 5. The zero-order chi connectivity index (χ0) is 23.4. The molecule has 3 unspecified atom stereocenters. The Balaban J connectivity index is 1.35. The molecule has 0 radical (unpaired) electrons. The van der Waals surface area contributed by atoms with Crippen molar-refractivity contribution in [2.75, 3.05) is 7.05 Å². The molecular weight excluding hydrogens is 416 g/mol. The molecule has 0 saturated heterocycles. The number of benzene rings is 1. The van der Waals surface area contributed by atoms with Gasteiger partial charge in [-0.05, 0) is 48.8 Å². The van der Waals surface area contributed by atoms with Gasteiger partial charge in [0.1, 0.15) is 6.61 Å². The summed E-state index contributed by atoms with van der Waals surface area (Å²) in [5, 5.41) is 2.80. The molecule has 3 atom stereocenters. The first-order chi connectivity index (χ1) is 15.8. The Morgan fingerprint density at radius 3 is 2.73 bits per heavy atom. The van der Waals surface area contributed by atoms with Crippen LogP contribution in [0.15, 0.2) is 83.1 Å². The highest BCUT2D eigenvalue weighted by molar-refractivity contribution is 5.99. The van der Waals surface area contributed by atoms with Crippen LogP contribution < -0.4 is 11.1 Å². The number of rotatable bonds is 5. The Kier molecular flexibility index (Phi) is 6.49. The van der Waals surface area contributed by atoms with Gasteiger partial charge in [-0.25, -0.2) is 9.79 Å². The highest BCUT2D eigenvalue weighted by atomic mass is 16.5. The summed E-state index contributed by atoms with van der Waals surface area (Å²) in [7, 11) is 1.65. The molecule has 3 N–H and O–H groups in total. The Bertz CT molecular complexity index is 1070. The largest absolute Gasteiger partial charge is 0.444 e. The first-order valence-corrected chi connectivity index (χ1v) is 11.2. The number of nitrogens with one attached hydrogen (secondary N) is 1. The third-order valence-corrected chi connectivity index (χ3v) is 6.44. The molecule has 33 heavy (non-hydrogen) atoms. The van der Waals surface area contributed by atoms with E-state index in [2.05, 4.69) is 34.6 Å². The van der Waals surface area contributed by atoms with Crippen molar-refractivity contribution in [3.63, 3.8) is 0 Å². The maximum atomic E-state index is 12.3. The maximum absolute atomic E-state index is 12.3. The van der Waals surface area contributed by atoms with Crippen LogP contribution in [0.5, 0.6) is 0 Å². The Labute approximate surface area is 194 Å². The van der Waals surface area contributed by atoms with Gasteiger partial charge in [-0.2, -0.15) is 0 Å². The fourth-order valence-corrected chi connectivity index (χ4v) is 4.36. The quantitative estimate of drug-likeness (QED) is 0.719. The smallest absolute Gasteiger partial charge is 0.411 e. The van der Waals surface area contributed by atoms with Gasteiger partial charge < -0.3 is 10.5 Å². The van der Waals surface area contributed by atoms with Crippen LogP contribution in [0.3, 0.4) is 0 Å². The minimum absolute atomic E-state index is 0.0308. The Morgan fingerprint density at radius 1 is 1.24 bits per heavy atom. The maximum Gasteiger partial charge on any atom is 0.411 e. The van der Waals surface area contributed by atoms with E-state index in [4.69, 9.17) is 10.5 Å². The highest BCUT2D eigenvalue weighted by Gasteiger charge is 2.38. The predicted octanol–water partition coefficient (Wildman–Crippen LogP) is 3.81. The van der Waals surface area contributed by atoms with Gasteiger partial charge >= 0.3 is 6.09 Å². The minimum atomic E-state index is -0.647. The summed E-state index contributed by atoms with van der Waals surface area (Å²) in [6.45, 7) is 2.20. The van der Waals surface area contributed by atoms with Crippen molar-refractivity contribution in [1.82, 2.24) is 10.2 Å². The molecule has 7 heteroatoms. The summed E-state index contributed by atoms with van der Waals surface area (Å²) in [5.74, 6) is 0.798. The number of hydrogen-bond donors (Lipinski definition) is 2. The molecule has 1 aromatic rings. The number of alkyl carbamates (subject to hydrolysis) is 1. The van der Waals surface area contributed by atoms with E-state index in [1.807, 2.05) is 49.4 Å². The number of guanidine groups is 1. The molecule has 1 aliphatic heterocycles. The second kappa shape index (κ2) is 9.48. The van der Waals surface area contributed by atoms with Crippen molar-refractivity contribution in [3.8, 4) is 0 Å². The summed E-state index contributed by atoms with van der Waals surface area (Å²) in [5.41, 5.74) is 8.04. The lowest BCUT2D eigenvalue weighted by Crippen LogP contribution is -2.49. The summed E-state index contributed by atoms with van der Waals surface area (Å²) in [6, 6.07) is 9.58. The van der Waals surface area contributed by atoms with E-state index < -0.39 is 11.6 Å². The highest BCUT2D eigenvalue weighted by Crippen LogP contribution is 2.37. The van der Waals surface area contributed by atoms with Crippen molar-refractivity contribution >= 4 is 18.0 Å². The van der Waals surface area contributed by atoms with Gasteiger partial charge in [0, 0.05) is 12.7 Å². The lowest BCUT2D eigenvalue weighted by molar-refractivity contribution is -0.128. The first-order valence-electron chi connectivity index (χ1n) is 11.2. The van der Waals surface area contributed by atoms with Gasteiger partial charge in [-0.1, -0.05) is 60.7 Å². The summed E-state index contributed by atoms with van der Waals surface area (Å²) in [4.78, 5) is 30.5. The molecule has 1 aromatic carbocycles. The average Bonchev–Trinajstić information content (AvgIpc) is 2.82. The van der Waals surface area contributed by atoms with Crippen LogP contribution in [-0.4, -0.2) is 35.4 Å². The molecule has 0 fully saturated rings. The van der Waals surface area contributed by atoms with Crippen LogP contribution in [0.4, 0.5) is 4.79 Å². The third kappa shape index (κ3) is 5.25. The number of amides is 2. The number of aliphatic imine (C=N–C) groups is 1. The van der Waals surface area contributed by atoms with E-state index in [0.29, 0.717) is 12.3 Å². The number of nitrogens with two attached hydrogens (primary N) is 1. The fourth-order valence-electron chi connectivity index (χ4n) is 4.36. The predicted molar refractivity (Wildman–Crippen MR) is 128 cm³/mol. The van der Waals surface area contributed by atoms with Gasteiger partial charge in [-0.15, -0.1) is 0 Å². The Morgan fingerprint density at radius 2 is 2.03 bits per heavy atom. The Hall–Kier alpha value is -3.61. The number of ether oxygens (including phenoxy) is 1. The van der Waals surface area contributed by atoms with Crippen molar-refractivity contribution in [1.29, 1.82) is 0 Å². The zero-order valence-electron chi connectivity index (χ0n) is 19.0. The van der Waals surface area contributed by atoms with Crippen LogP contribution in [0.1, 0.15) is 31.7 Å². The van der Waals surface area contributed by atoms with Crippen LogP contribution in [0.25, 0.3) is 0 Å². The SMILES string of the molecule is CN1C(=O)CC(C)(C2=CC(C3C=CC(NC(=O)OCc4ccccc4)=CC3)CC=C2)N=C1N. The fraction of sp³-hybridized carbons (Fsp3) is 0.346. The van der Waals surface area contributed by atoms with Crippen molar-refractivity contribution < 1.29 is 14.3 Å². The molecule has 0 saturated carbocycles. The molecule has 3 aliphatic rings. The lowest BCUT2D eigenvalue weighted by atomic mass is 9.76.